The molecule has 1 nitrogen and oxygen atoms in total. The molecule has 0 aliphatic carbocycles. The molecule has 0 radical (unpaired) electrons. The summed E-state index contributed by atoms with van der Waals surface area (Å²) in [4.78, 5) is 0. The smallest absolute Gasteiger partial charge is 0.136 e. The molecule has 9 aromatic carbocycles. The molecule has 0 aliphatic rings. The molecule has 1 heteroatoms. The van der Waals surface area contributed by atoms with Gasteiger partial charge in [0.25, 0.3) is 0 Å². The number of benzene rings is 9. The van der Waals surface area contributed by atoms with Gasteiger partial charge in [-0.3, -0.25) is 0 Å². The summed E-state index contributed by atoms with van der Waals surface area (Å²) < 4.78 is 6.30. The second kappa shape index (κ2) is 12.9. The highest BCUT2D eigenvalue weighted by Crippen LogP contribution is 2.44. The lowest BCUT2D eigenvalue weighted by atomic mass is 9.85. The van der Waals surface area contributed by atoms with Gasteiger partial charge in [0.15, 0.2) is 0 Å². The summed E-state index contributed by atoms with van der Waals surface area (Å²) in [7, 11) is 0. The van der Waals surface area contributed by atoms with Crippen LogP contribution in [0.3, 0.4) is 0 Å². The molecular formula is C53H36O. The average Bonchev–Trinajstić information content (AvgIpc) is 3.59. The first-order valence-electron chi connectivity index (χ1n) is 18.6. The van der Waals surface area contributed by atoms with Crippen molar-refractivity contribution in [3.05, 3.63) is 194 Å². The van der Waals surface area contributed by atoms with E-state index >= 15 is 0 Å². The lowest BCUT2D eigenvalue weighted by Gasteiger charge is -2.18. The second-order valence-corrected chi connectivity index (χ2v) is 14.0. The molecule has 1 heterocycles. The Hall–Kier alpha value is -6.96. The predicted octanol–water partition coefficient (Wildman–Crippen LogP) is 15.4. The van der Waals surface area contributed by atoms with Gasteiger partial charge in [0, 0.05) is 10.8 Å². The fourth-order valence-corrected chi connectivity index (χ4v) is 8.41. The molecule has 254 valence electrons. The van der Waals surface area contributed by atoms with Crippen LogP contribution in [0, 0.1) is 0 Å². The van der Waals surface area contributed by atoms with E-state index in [9.17, 15) is 0 Å². The molecule has 1 aromatic heterocycles. The van der Waals surface area contributed by atoms with E-state index in [4.69, 9.17) is 4.42 Å². The Labute approximate surface area is 314 Å². The van der Waals surface area contributed by atoms with Crippen LogP contribution < -0.4 is 0 Å². The van der Waals surface area contributed by atoms with E-state index in [-0.39, 0.29) is 0 Å². The van der Waals surface area contributed by atoms with Crippen molar-refractivity contribution in [2.45, 2.75) is 6.92 Å². The van der Waals surface area contributed by atoms with E-state index in [2.05, 4.69) is 183 Å². The first kappa shape index (κ1) is 31.7. The van der Waals surface area contributed by atoms with Gasteiger partial charge in [-0.15, -0.1) is 0 Å². The zero-order valence-electron chi connectivity index (χ0n) is 30.0. The molecule has 0 N–H and O–H groups in total. The molecule has 0 saturated heterocycles. The van der Waals surface area contributed by atoms with Crippen LogP contribution in [0.2, 0.25) is 0 Å². The van der Waals surface area contributed by atoms with Crippen molar-refractivity contribution in [2.24, 2.45) is 0 Å². The van der Waals surface area contributed by atoms with Gasteiger partial charge in [0.05, 0.1) is 0 Å². The molecule has 0 aliphatic heterocycles. The quantitative estimate of drug-likeness (QED) is 0.159. The number of hydrogen-bond acceptors (Lipinski definition) is 1. The molecule has 0 saturated carbocycles. The van der Waals surface area contributed by atoms with Gasteiger partial charge in [-0.25, -0.2) is 0 Å². The summed E-state index contributed by atoms with van der Waals surface area (Å²) in [5, 5.41) is 9.75. The summed E-state index contributed by atoms with van der Waals surface area (Å²) in [6.45, 7) is 6.09. The maximum atomic E-state index is 6.30. The summed E-state index contributed by atoms with van der Waals surface area (Å²) in [5.41, 5.74) is 13.7. The minimum atomic E-state index is 0.888. The highest BCUT2D eigenvalue weighted by molar-refractivity contribution is 6.21. The third-order valence-electron chi connectivity index (χ3n) is 11.0. The Morgan fingerprint density at radius 3 is 1.54 bits per heavy atom. The van der Waals surface area contributed by atoms with Gasteiger partial charge >= 0.3 is 0 Å². The van der Waals surface area contributed by atoms with Crippen molar-refractivity contribution < 1.29 is 4.42 Å². The molecule has 0 atom stereocenters. The normalized spacial score (nSPS) is 11.8. The molecule has 0 unspecified atom stereocenters. The summed E-state index contributed by atoms with van der Waals surface area (Å²) >= 11 is 0. The standard InChI is InChI=1S/C53H36O/c1-3-12-40-33-51-49(31-34(40)4-2)48-32-41(29-30-50(48)54-51)35-21-25-38(26-22-35)52-44-16-7-9-18-46(44)53(47-19-10-8-17-45(47)52)39-27-23-37(24-28-39)43-20-11-14-36-13-5-6-15-42(36)43/h3-33H,2H2,1H3/b12-3-. The summed E-state index contributed by atoms with van der Waals surface area (Å²) in [6.07, 6.45) is 6.06. The first-order chi connectivity index (χ1) is 26.7. The van der Waals surface area contributed by atoms with Crippen LogP contribution in [0.4, 0.5) is 0 Å². The largest absolute Gasteiger partial charge is 0.456 e. The zero-order chi connectivity index (χ0) is 36.2. The summed E-state index contributed by atoms with van der Waals surface area (Å²) in [6, 6.07) is 61.9. The molecule has 0 fully saturated rings. The number of allylic oxidation sites excluding steroid dienone is 1. The zero-order valence-corrected chi connectivity index (χ0v) is 30.0. The molecule has 10 aromatic rings. The Morgan fingerprint density at radius 2 is 0.926 bits per heavy atom. The second-order valence-electron chi connectivity index (χ2n) is 14.0. The maximum absolute atomic E-state index is 6.30. The Balaban J connectivity index is 1.07. The van der Waals surface area contributed by atoms with Gasteiger partial charge < -0.3 is 4.42 Å². The molecule has 0 spiro atoms. The van der Waals surface area contributed by atoms with Crippen molar-refractivity contribution in [1.29, 1.82) is 0 Å². The van der Waals surface area contributed by atoms with Crippen molar-refractivity contribution in [1.82, 2.24) is 0 Å². The van der Waals surface area contributed by atoms with Crippen molar-refractivity contribution >= 4 is 66.4 Å². The average molecular weight is 689 g/mol. The van der Waals surface area contributed by atoms with Gasteiger partial charge in [-0.1, -0.05) is 170 Å². The predicted molar refractivity (Wildman–Crippen MR) is 233 cm³/mol. The Morgan fingerprint density at radius 1 is 0.407 bits per heavy atom. The topological polar surface area (TPSA) is 13.1 Å². The molecule has 10 rings (SSSR count). The van der Waals surface area contributed by atoms with Gasteiger partial charge in [0.2, 0.25) is 0 Å². The van der Waals surface area contributed by atoms with E-state index in [0.717, 1.165) is 38.6 Å². The van der Waals surface area contributed by atoms with E-state index in [0.29, 0.717) is 0 Å². The molecule has 0 amide bonds. The number of rotatable bonds is 6. The van der Waals surface area contributed by atoms with Crippen LogP contribution in [-0.4, -0.2) is 0 Å². The van der Waals surface area contributed by atoms with E-state index < -0.39 is 0 Å². The van der Waals surface area contributed by atoms with Crippen molar-refractivity contribution in [3.8, 4) is 44.5 Å². The van der Waals surface area contributed by atoms with Crippen LogP contribution >= 0.6 is 0 Å². The van der Waals surface area contributed by atoms with Crippen molar-refractivity contribution in [2.75, 3.05) is 0 Å². The van der Waals surface area contributed by atoms with E-state index in [1.165, 1.54) is 71.3 Å². The number of fused-ring (bicyclic) bond motifs is 6. The number of hydrogen-bond donors (Lipinski definition) is 0. The highest BCUT2D eigenvalue weighted by atomic mass is 16.3. The van der Waals surface area contributed by atoms with Crippen LogP contribution in [0.1, 0.15) is 18.1 Å². The fraction of sp³-hybridized carbons (Fsp3) is 0.0189. The van der Waals surface area contributed by atoms with Gasteiger partial charge in [-0.2, -0.15) is 0 Å². The fourth-order valence-electron chi connectivity index (χ4n) is 8.41. The monoisotopic (exact) mass is 688 g/mol. The van der Waals surface area contributed by atoms with E-state index in [1.807, 2.05) is 19.1 Å². The number of furan rings is 1. The van der Waals surface area contributed by atoms with Crippen LogP contribution in [-0.2, 0) is 0 Å². The van der Waals surface area contributed by atoms with Gasteiger partial charge in [-0.05, 0) is 119 Å². The van der Waals surface area contributed by atoms with Crippen LogP contribution in [0.15, 0.2) is 187 Å². The maximum Gasteiger partial charge on any atom is 0.136 e. The first-order valence-corrected chi connectivity index (χ1v) is 18.6. The SMILES string of the molecule is C=Cc1cc2c(cc1/C=C\C)oc1ccc(-c3ccc(-c4c5ccccc5c(-c5ccc(-c6cccc7ccccc67)cc5)c5ccccc45)cc3)cc12. The van der Waals surface area contributed by atoms with Gasteiger partial charge in [0.1, 0.15) is 11.2 Å². The minimum Gasteiger partial charge on any atom is -0.456 e. The van der Waals surface area contributed by atoms with E-state index in [1.54, 1.807) is 0 Å². The third-order valence-corrected chi connectivity index (χ3v) is 11.0. The highest BCUT2D eigenvalue weighted by Gasteiger charge is 2.17. The van der Waals surface area contributed by atoms with Crippen molar-refractivity contribution in [3.63, 3.8) is 0 Å². The Bertz CT molecular complexity index is 3040. The lowest BCUT2D eigenvalue weighted by molar-refractivity contribution is 0.669. The third kappa shape index (κ3) is 5.17. The Kier molecular flexibility index (Phi) is 7.59. The molecule has 54 heavy (non-hydrogen) atoms. The molecule has 0 bridgehead atoms. The minimum absolute atomic E-state index is 0.888. The molecular weight excluding hydrogens is 653 g/mol. The summed E-state index contributed by atoms with van der Waals surface area (Å²) in [5.74, 6) is 0. The van der Waals surface area contributed by atoms with Crippen LogP contribution in [0.5, 0.6) is 0 Å². The van der Waals surface area contributed by atoms with Crippen LogP contribution in [0.25, 0.3) is 111 Å². The lowest BCUT2D eigenvalue weighted by Crippen LogP contribution is -1.91.